The van der Waals surface area contributed by atoms with E-state index in [0.29, 0.717) is 10.7 Å². The van der Waals surface area contributed by atoms with E-state index in [1.54, 1.807) is 36.4 Å². The summed E-state index contributed by atoms with van der Waals surface area (Å²) >= 11 is 12.0. The molecule has 0 radical (unpaired) electrons. The molecule has 0 bridgehead atoms. The molecule has 3 aromatic rings. The molecule has 1 amide bonds. The molecule has 1 N–H and O–H groups in total. The van der Waals surface area contributed by atoms with Crippen LogP contribution in [0.1, 0.15) is 16.7 Å². The molecule has 3 aromatic carbocycles. The van der Waals surface area contributed by atoms with Crippen LogP contribution in [0, 0.1) is 13.8 Å². The van der Waals surface area contributed by atoms with Crippen molar-refractivity contribution in [1.82, 2.24) is 4.31 Å². The summed E-state index contributed by atoms with van der Waals surface area (Å²) in [5, 5.41) is 3.37. The van der Waals surface area contributed by atoms with E-state index in [4.69, 9.17) is 23.2 Å². The highest BCUT2D eigenvalue weighted by molar-refractivity contribution is 7.89. The SMILES string of the molecule is Cc1ccc(CN(CC(=O)Nc2ccc(Cl)cc2Cl)S(=O)(=O)c2ccc(C)cc2)cc1. The molecular weight excluding hydrogens is 455 g/mol. The number of halogens is 2. The second-order valence-corrected chi connectivity index (χ2v) is 10.0. The number of carbonyl (C=O) groups excluding carboxylic acids is 1. The van der Waals surface area contributed by atoms with Crippen molar-refractivity contribution in [2.24, 2.45) is 0 Å². The number of sulfonamides is 1. The van der Waals surface area contributed by atoms with Gasteiger partial charge in [0.15, 0.2) is 0 Å². The number of hydrogen-bond donors (Lipinski definition) is 1. The van der Waals surface area contributed by atoms with E-state index in [1.165, 1.54) is 6.07 Å². The van der Waals surface area contributed by atoms with Crippen molar-refractivity contribution in [2.45, 2.75) is 25.3 Å². The van der Waals surface area contributed by atoms with Crippen LogP contribution in [0.15, 0.2) is 71.6 Å². The van der Waals surface area contributed by atoms with Crippen LogP contribution < -0.4 is 5.32 Å². The summed E-state index contributed by atoms with van der Waals surface area (Å²) in [5.41, 5.74) is 3.14. The van der Waals surface area contributed by atoms with Gasteiger partial charge in [-0.05, 0) is 49.7 Å². The second kappa shape index (κ2) is 9.83. The van der Waals surface area contributed by atoms with Crippen LogP contribution in [-0.4, -0.2) is 25.2 Å². The van der Waals surface area contributed by atoms with Gasteiger partial charge in [0.05, 0.1) is 22.2 Å². The molecule has 31 heavy (non-hydrogen) atoms. The second-order valence-electron chi connectivity index (χ2n) is 7.24. The van der Waals surface area contributed by atoms with E-state index >= 15 is 0 Å². The van der Waals surface area contributed by atoms with Gasteiger partial charge >= 0.3 is 0 Å². The summed E-state index contributed by atoms with van der Waals surface area (Å²) in [6.45, 7) is 3.51. The van der Waals surface area contributed by atoms with Crippen LogP contribution in [0.3, 0.4) is 0 Å². The molecule has 0 aromatic heterocycles. The number of hydrogen-bond acceptors (Lipinski definition) is 3. The summed E-state index contributed by atoms with van der Waals surface area (Å²) in [6, 6.07) is 18.7. The quantitative estimate of drug-likeness (QED) is 0.493. The van der Waals surface area contributed by atoms with E-state index in [9.17, 15) is 13.2 Å². The fourth-order valence-corrected chi connectivity index (χ4v) is 4.76. The van der Waals surface area contributed by atoms with Crippen molar-refractivity contribution in [2.75, 3.05) is 11.9 Å². The van der Waals surface area contributed by atoms with Gasteiger partial charge in [-0.25, -0.2) is 8.42 Å². The van der Waals surface area contributed by atoms with Crippen molar-refractivity contribution >= 4 is 44.8 Å². The van der Waals surface area contributed by atoms with Gasteiger partial charge in [0.1, 0.15) is 0 Å². The summed E-state index contributed by atoms with van der Waals surface area (Å²) in [5.74, 6) is -0.507. The molecule has 5 nitrogen and oxygen atoms in total. The largest absolute Gasteiger partial charge is 0.324 e. The third kappa shape index (κ3) is 6.08. The zero-order chi connectivity index (χ0) is 22.6. The molecule has 0 spiro atoms. The minimum Gasteiger partial charge on any atom is -0.324 e. The van der Waals surface area contributed by atoms with Crippen molar-refractivity contribution in [3.63, 3.8) is 0 Å². The number of carbonyl (C=O) groups is 1. The first-order valence-electron chi connectivity index (χ1n) is 9.52. The van der Waals surface area contributed by atoms with Crippen LogP contribution in [0.25, 0.3) is 0 Å². The van der Waals surface area contributed by atoms with Crippen LogP contribution in [0.5, 0.6) is 0 Å². The average Bonchev–Trinajstić information content (AvgIpc) is 2.71. The van der Waals surface area contributed by atoms with E-state index in [0.717, 1.165) is 21.0 Å². The van der Waals surface area contributed by atoms with Crippen molar-refractivity contribution in [3.8, 4) is 0 Å². The fraction of sp³-hybridized carbons (Fsp3) is 0.174. The lowest BCUT2D eigenvalue weighted by atomic mass is 10.1. The third-order valence-corrected chi connectivity index (χ3v) is 7.02. The molecule has 0 heterocycles. The lowest BCUT2D eigenvalue weighted by Crippen LogP contribution is -2.37. The van der Waals surface area contributed by atoms with Gasteiger partial charge in [0.2, 0.25) is 15.9 Å². The van der Waals surface area contributed by atoms with E-state index in [1.807, 2.05) is 38.1 Å². The zero-order valence-corrected chi connectivity index (χ0v) is 19.4. The summed E-state index contributed by atoms with van der Waals surface area (Å²) in [4.78, 5) is 12.9. The first-order chi connectivity index (χ1) is 14.6. The van der Waals surface area contributed by atoms with Crippen molar-refractivity contribution in [3.05, 3.63) is 93.5 Å². The minimum absolute atomic E-state index is 0.0538. The number of nitrogens with zero attached hydrogens (tertiary/aromatic N) is 1. The molecule has 0 aliphatic carbocycles. The third-order valence-electron chi connectivity index (χ3n) is 4.66. The number of aryl methyl sites for hydroxylation is 2. The molecule has 3 rings (SSSR count). The number of rotatable bonds is 7. The predicted molar refractivity (Wildman–Crippen MR) is 125 cm³/mol. The molecule has 0 aliphatic rings. The molecule has 0 unspecified atom stereocenters. The topological polar surface area (TPSA) is 66.5 Å². The predicted octanol–water partition coefficient (Wildman–Crippen LogP) is 5.44. The Morgan fingerprint density at radius 3 is 2.06 bits per heavy atom. The molecule has 0 atom stereocenters. The summed E-state index contributed by atoms with van der Waals surface area (Å²) in [7, 11) is -3.91. The number of anilines is 1. The molecule has 162 valence electrons. The van der Waals surface area contributed by atoms with Crippen molar-refractivity contribution in [1.29, 1.82) is 0 Å². The molecule has 0 fully saturated rings. The Kier molecular flexibility index (Phi) is 7.38. The molecule has 0 aliphatic heterocycles. The van der Waals surface area contributed by atoms with Crippen LogP contribution >= 0.6 is 23.2 Å². The normalized spacial score (nSPS) is 11.5. The lowest BCUT2D eigenvalue weighted by molar-refractivity contribution is -0.116. The van der Waals surface area contributed by atoms with Gasteiger partial charge in [-0.2, -0.15) is 4.31 Å². The molecule has 0 saturated carbocycles. The maximum atomic E-state index is 13.3. The van der Waals surface area contributed by atoms with Gasteiger partial charge in [-0.15, -0.1) is 0 Å². The van der Waals surface area contributed by atoms with Gasteiger partial charge in [-0.3, -0.25) is 4.79 Å². The fourth-order valence-electron chi connectivity index (χ4n) is 2.92. The van der Waals surface area contributed by atoms with Crippen LogP contribution in [0.2, 0.25) is 10.0 Å². The van der Waals surface area contributed by atoms with Gasteiger partial charge in [-0.1, -0.05) is 70.7 Å². The Bertz CT molecular complexity index is 1180. The average molecular weight is 477 g/mol. The van der Waals surface area contributed by atoms with E-state index in [-0.39, 0.29) is 23.0 Å². The van der Waals surface area contributed by atoms with E-state index < -0.39 is 15.9 Å². The molecule has 0 saturated heterocycles. The van der Waals surface area contributed by atoms with E-state index in [2.05, 4.69) is 5.32 Å². The summed E-state index contributed by atoms with van der Waals surface area (Å²) < 4.78 is 27.8. The standard InChI is InChI=1S/C23H22Cl2N2O3S/c1-16-3-7-18(8-4-16)14-27(31(29,30)20-10-5-17(2)6-11-20)15-23(28)26-22-12-9-19(24)13-21(22)25/h3-13H,14-15H2,1-2H3,(H,26,28). The lowest BCUT2D eigenvalue weighted by Gasteiger charge is -2.22. The number of nitrogens with one attached hydrogen (secondary N) is 1. The molecule has 8 heteroatoms. The Morgan fingerprint density at radius 2 is 1.48 bits per heavy atom. The minimum atomic E-state index is -3.91. The van der Waals surface area contributed by atoms with Crippen molar-refractivity contribution < 1.29 is 13.2 Å². The van der Waals surface area contributed by atoms with Gasteiger partial charge < -0.3 is 5.32 Å². The number of amides is 1. The number of benzene rings is 3. The Morgan fingerprint density at radius 1 is 0.903 bits per heavy atom. The highest BCUT2D eigenvalue weighted by Crippen LogP contribution is 2.26. The van der Waals surface area contributed by atoms with Crippen LogP contribution in [-0.2, 0) is 21.4 Å². The highest BCUT2D eigenvalue weighted by atomic mass is 35.5. The maximum absolute atomic E-state index is 13.3. The summed E-state index contributed by atoms with van der Waals surface area (Å²) in [6.07, 6.45) is 0. The van der Waals surface area contributed by atoms with Crippen LogP contribution in [0.4, 0.5) is 5.69 Å². The maximum Gasteiger partial charge on any atom is 0.243 e. The highest BCUT2D eigenvalue weighted by Gasteiger charge is 2.27. The van der Waals surface area contributed by atoms with Gasteiger partial charge in [0.25, 0.3) is 0 Å². The molecular formula is C23H22Cl2N2O3S. The first kappa shape index (κ1) is 23.3. The Hall–Kier alpha value is -2.38. The first-order valence-corrected chi connectivity index (χ1v) is 11.7. The Balaban J connectivity index is 1.88. The monoisotopic (exact) mass is 476 g/mol. The smallest absolute Gasteiger partial charge is 0.243 e. The Labute approximate surface area is 192 Å². The zero-order valence-electron chi connectivity index (χ0n) is 17.1. The van der Waals surface area contributed by atoms with Gasteiger partial charge in [0, 0.05) is 11.6 Å².